The van der Waals surface area contributed by atoms with Crippen LogP contribution in [0.2, 0.25) is 0 Å². The van der Waals surface area contributed by atoms with Gasteiger partial charge in [0.2, 0.25) is 0 Å². The molecule has 6 nitrogen and oxygen atoms in total. The van der Waals surface area contributed by atoms with Crippen molar-refractivity contribution in [2.24, 2.45) is 7.05 Å². The lowest BCUT2D eigenvalue weighted by molar-refractivity contribution is 0.199. The third-order valence-electron chi connectivity index (χ3n) is 3.21. The average Bonchev–Trinajstić information content (AvgIpc) is 2.97. The molecule has 0 saturated heterocycles. The third kappa shape index (κ3) is 3.42. The highest BCUT2D eigenvalue weighted by Crippen LogP contribution is 2.06. The van der Waals surface area contributed by atoms with Crippen molar-refractivity contribution in [1.82, 2.24) is 24.6 Å². The molecular formula is C13H21N5O. The number of aryl methyl sites for hydroxylation is 1. The Balaban J connectivity index is 1.97. The standard InChI is InChI=1S/C13H21N5O/c1-11-15-16-13(17(11)2)10-18-7-4-5-12(18)9-14-6-8-19-3/h4-5,7,14H,6,8-10H2,1-3H3. The Morgan fingerprint density at radius 3 is 2.89 bits per heavy atom. The molecule has 0 aliphatic carbocycles. The summed E-state index contributed by atoms with van der Waals surface area (Å²) in [5, 5.41) is 11.6. The van der Waals surface area contributed by atoms with E-state index in [2.05, 4.69) is 38.4 Å². The first kappa shape index (κ1) is 13.8. The zero-order chi connectivity index (χ0) is 13.7. The van der Waals surface area contributed by atoms with Gasteiger partial charge in [0.25, 0.3) is 0 Å². The highest BCUT2D eigenvalue weighted by Gasteiger charge is 2.07. The molecule has 2 rings (SSSR count). The number of rotatable bonds is 7. The van der Waals surface area contributed by atoms with Gasteiger partial charge in [0, 0.05) is 39.1 Å². The lowest BCUT2D eigenvalue weighted by atomic mass is 10.4. The van der Waals surface area contributed by atoms with Crippen molar-refractivity contribution in [3.63, 3.8) is 0 Å². The maximum atomic E-state index is 5.01. The smallest absolute Gasteiger partial charge is 0.152 e. The molecule has 0 bridgehead atoms. The van der Waals surface area contributed by atoms with E-state index in [1.54, 1.807) is 7.11 Å². The quantitative estimate of drug-likeness (QED) is 0.748. The van der Waals surface area contributed by atoms with E-state index in [0.29, 0.717) is 0 Å². The van der Waals surface area contributed by atoms with Gasteiger partial charge in [-0.15, -0.1) is 10.2 Å². The van der Waals surface area contributed by atoms with Crippen molar-refractivity contribution < 1.29 is 4.74 Å². The maximum Gasteiger partial charge on any atom is 0.152 e. The first-order valence-corrected chi connectivity index (χ1v) is 6.41. The van der Waals surface area contributed by atoms with Crippen LogP contribution in [0.5, 0.6) is 0 Å². The third-order valence-corrected chi connectivity index (χ3v) is 3.21. The van der Waals surface area contributed by atoms with Crippen molar-refractivity contribution in [3.8, 4) is 0 Å². The predicted molar refractivity (Wildman–Crippen MR) is 72.9 cm³/mol. The Morgan fingerprint density at radius 1 is 1.37 bits per heavy atom. The van der Waals surface area contributed by atoms with E-state index in [1.165, 1.54) is 5.69 Å². The fraction of sp³-hybridized carbons (Fsp3) is 0.538. The number of nitrogens with one attached hydrogen (secondary N) is 1. The Kier molecular flexibility index (Phi) is 4.70. The SMILES string of the molecule is COCCNCc1cccn1Cc1nnc(C)n1C. The fourth-order valence-corrected chi connectivity index (χ4v) is 1.90. The van der Waals surface area contributed by atoms with Crippen molar-refractivity contribution in [2.45, 2.75) is 20.0 Å². The minimum atomic E-state index is 0.725. The second-order valence-electron chi connectivity index (χ2n) is 4.52. The Bertz CT molecular complexity index is 517. The number of nitrogens with zero attached hydrogens (tertiary/aromatic N) is 4. The monoisotopic (exact) mass is 263 g/mol. The van der Waals surface area contributed by atoms with Crippen LogP contribution in [-0.2, 0) is 24.9 Å². The predicted octanol–water partition coefficient (Wildman–Crippen LogP) is 0.709. The summed E-state index contributed by atoms with van der Waals surface area (Å²) in [4.78, 5) is 0. The summed E-state index contributed by atoms with van der Waals surface area (Å²) in [5.41, 5.74) is 1.23. The fourth-order valence-electron chi connectivity index (χ4n) is 1.90. The van der Waals surface area contributed by atoms with Crippen LogP contribution in [0.4, 0.5) is 0 Å². The molecule has 0 aliphatic heterocycles. The van der Waals surface area contributed by atoms with E-state index < -0.39 is 0 Å². The molecule has 0 amide bonds. The van der Waals surface area contributed by atoms with Crippen molar-refractivity contribution in [3.05, 3.63) is 35.7 Å². The Labute approximate surface area is 113 Å². The Hall–Kier alpha value is -1.66. The molecule has 2 aromatic rings. The molecule has 2 aromatic heterocycles. The van der Waals surface area contributed by atoms with E-state index in [9.17, 15) is 0 Å². The van der Waals surface area contributed by atoms with Gasteiger partial charge in [-0.05, 0) is 19.1 Å². The number of methoxy groups -OCH3 is 1. The second kappa shape index (κ2) is 6.49. The molecular weight excluding hydrogens is 242 g/mol. The van der Waals surface area contributed by atoms with Gasteiger partial charge >= 0.3 is 0 Å². The van der Waals surface area contributed by atoms with Crippen LogP contribution in [0.25, 0.3) is 0 Å². The summed E-state index contributed by atoms with van der Waals surface area (Å²) >= 11 is 0. The molecule has 0 aromatic carbocycles. The summed E-state index contributed by atoms with van der Waals surface area (Å²) < 4.78 is 9.21. The first-order valence-electron chi connectivity index (χ1n) is 6.41. The van der Waals surface area contributed by atoms with E-state index >= 15 is 0 Å². The maximum absolute atomic E-state index is 5.01. The lowest BCUT2D eigenvalue weighted by Gasteiger charge is -2.10. The van der Waals surface area contributed by atoms with E-state index in [1.807, 2.05) is 18.5 Å². The molecule has 0 unspecified atom stereocenters. The molecule has 2 heterocycles. The van der Waals surface area contributed by atoms with Crippen molar-refractivity contribution >= 4 is 0 Å². The minimum Gasteiger partial charge on any atom is -0.383 e. The van der Waals surface area contributed by atoms with Gasteiger partial charge in [0.1, 0.15) is 5.82 Å². The number of hydrogen-bond acceptors (Lipinski definition) is 4. The van der Waals surface area contributed by atoms with Crippen molar-refractivity contribution in [1.29, 1.82) is 0 Å². The van der Waals surface area contributed by atoms with Crippen LogP contribution in [0.1, 0.15) is 17.3 Å². The average molecular weight is 263 g/mol. The molecule has 0 spiro atoms. The van der Waals surface area contributed by atoms with Gasteiger partial charge in [-0.1, -0.05) is 0 Å². The molecule has 19 heavy (non-hydrogen) atoms. The lowest BCUT2D eigenvalue weighted by Crippen LogP contribution is -2.21. The largest absolute Gasteiger partial charge is 0.383 e. The Morgan fingerprint density at radius 2 is 2.21 bits per heavy atom. The first-order chi connectivity index (χ1) is 9.22. The number of ether oxygens (including phenoxy) is 1. The minimum absolute atomic E-state index is 0.725. The van der Waals surface area contributed by atoms with Gasteiger partial charge < -0.3 is 19.2 Å². The van der Waals surface area contributed by atoms with E-state index in [-0.39, 0.29) is 0 Å². The van der Waals surface area contributed by atoms with Crippen LogP contribution in [0.15, 0.2) is 18.3 Å². The summed E-state index contributed by atoms with van der Waals surface area (Å²) in [6, 6.07) is 4.17. The summed E-state index contributed by atoms with van der Waals surface area (Å²) in [6.07, 6.45) is 2.07. The van der Waals surface area contributed by atoms with E-state index in [0.717, 1.165) is 37.9 Å². The normalized spacial score (nSPS) is 11.1. The van der Waals surface area contributed by atoms with Gasteiger partial charge in [-0.25, -0.2) is 0 Å². The van der Waals surface area contributed by atoms with Crippen LogP contribution in [-0.4, -0.2) is 39.6 Å². The van der Waals surface area contributed by atoms with Crippen LogP contribution in [0, 0.1) is 6.92 Å². The van der Waals surface area contributed by atoms with E-state index in [4.69, 9.17) is 4.74 Å². The van der Waals surface area contributed by atoms with Crippen molar-refractivity contribution in [2.75, 3.05) is 20.3 Å². The van der Waals surface area contributed by atoms with Gasteiger partial charge in [0.15, 0.2) is 5.82 Å². The molecule has 104 valence electrons. The van der Waals surface area contributed by atoms with Crippen LogP contribution >= 0.6 is 0 Å². The highest BCUT2D eigenvalue weighted by atomic mass is 16.5. The van der Waals surface area contributed by atoms with Gasteiger partial charge in [-0.2, -0.15) is 0 Å². The number of hydrogen-bond donors (Lipinski definition) is 1. The number of aromatic nitrogens is 4. The molecule has 0 aliphatic rings. The summed E-state index contributed by atoms with van der Waals surface area (Å²) in [5.74, 6) is 1.90. The van der Waals surface area contributed by atoms with Crippen LogP contribution < -0.4 is 5.32 Å². The molecule has 1 N–H and O–H groups in total. The molecule has 0 atom stereocenters. The molecule has 0 fully saturated rings. The van der Waals surface area contributed by atoms with Gasteiger partial charge in [0.05, 0.1) is 13.2 Å². The zero-order valence-electron chi connectivity index (χ0n) is 11.8. The summed E-state index contributed by atoms with van der Waals surface area (Å²) in [6.45, 7) is 5.10. The molecule has 0 saturated carbocycles. The second-order valence-corrected chi connectivity index (χ2v) is 4.52. The molecule has 0 radical (unpaired) electrons. The topological polar surface area (TPSA) is 56.9 Å². The molecule has 6 heteroatoms. The van der Waals surface area contributed by atoms with Crippen LogP contribution in [0.3, 0.4) is 0 Å². The highest BCUT2D eigenvalue weighted by molar-refractivity contribution is 5.09. The van der Waals surface area contributed by atoms with Gasteiger partial charge in [-0.3, -0.25) is 0 Å². The summed E-state index contributed by atoms with van der Waals surface area (Å²) in [7, 11) is 3.70. The zero-order valence-corrected chi connectivity index (χ0v) is 11.8.